The first-order valence-corrected chi connectivity index (χ1v) is 5.89. The Labute approximate surface area is 113 Å². The molecule has 0 saturated carbocycles. The molecule has 0 atom stereocenters. The van der Waals surface area contributed by atoms with E-state index in [1.807, 2.05) is 30.3 Å². The van der Waals surface area contributed by atoms with Crippen molar-refractivity contribution in [1.82, 2.24) is 18.9 Å². The zero-order valence-corrected chi connectivity index (χ0v) is 10.6. The van der Waals surface area contributed by atoms with Gasteiger partial charge >= 0.3 is 5.69 Å². The number of imidazole rings is 1. The third-order valence-electron chi connectivity index (χ3n) is 3.03. The number of amides is 1. The Kier molecular flexibility index (Phi) is 2.60. The molecule has 2 heterocycles. The van der Waals surface area contributed by atoms with Crippen LogP contribution in [0.5, 0.6) is 0 Å². The summed E-state index contributed by atoms with van der Waals surface area (Å²) in [6, 6.07) is 9.22. The van der Waals surface area contributed by atoms with Crippen LogP contribution in [-0.2, 0) is 7.05 Å². The summed E-state index contributed by atoms with van der Waals surface area (Å²) in [6.45, 7) is 0. The molecule has 1 amide bonds. The van der Waals surface area contributed by atoms with Gasteiger partial charge in [0.1, 0.15) is 12.2 Å². The van der Waals surface area contributed by atoms with Crippen LogP contribution in [0.3, 0.4) is 0 Å². The van der Waals surface area contributed by atoms with Crippen LogP contribution in [0, 0.1) is 0 Å². The van der Waals surface area contributed by atoms with Gasteiger partial charge in [-0.25, -0.2) is 19.2 Å². The van der Waals surface area contributed by atoms with Crippen molar-refractivity contribution in [3.8, 4) is 11.4 Å². The first-order chi connectivity index (χ1) is 9.59. The van der Waals surface area contributed by atoms with Gasteiger partial charge in [0.15, 0.2) is 11.3 Å². The standard InChI is InChI=1S/C13H11N5O2/c1-17-11(8-5-3-2-4-6-8)16-12-9(10(14)19)15-7-18(12)13(17)20/h2-7H,1H3,(H2,14,19). The molecule has 0 aliphatic rings. The average molecular weight is 269 g/mol. The summed E-state index contributed by atoms with van der Waals surface area (Å²) in [7, 11) is 1.61. The SMILES string of the molecule is Cn1c(-c2ccccc2)nc2c(C(N)=O)ncn2c1=O. The van der Waals surface area contributed by atoms with Crippen molar-refractivity contribution in [2.75, 3.05) is 0 Å². The minimum absolute atomic E-state index is 0.0140. The van der Waals surface area contributed by atoms with Gasteiger partial charge in [0.05, 0.1) is 0 Å². The fourth-order valence-electron chi connectivity index (χ4n) is 2.04. The second-order valence-corrected chi connectivity index (χ2v) is 4.29. The molecule has 20 heavy (non-hydrogen) atoms. The Hall–Kier alpha value is -2.96. The lowest BCUT2D eigenvalue weighted by Gasteiger charge is -2.08. The van der Waals surface area contributed by atoms with Gasteiger partial charge in [0.25, 0.3) is 5.91 Å². The van der Waals surface area contributed by atoms with Crippen molar-refractivity contribution >= 4 is 11.6 Å². The van der Waals surface area contributed by atoms with E-state index in [0.717, 1.165) is 5.56 Å². The Balaban J connectivity index is 2.39. The third kappa shape index (κ3) is 1.68. The van der Waals surface area contributed by atoms with E-state index < -0.39 is 5.91 Å². The molecule has 7 nitrogen and oxygen atoms in total. The molecule has 0 unspecified atom stereocenters. The topological polar surface area (TPSA) is 95.3 Å². The molecule has 7 heteroatoms. The van der Waals surface area contributed by atoms with Crippen LogP contribution in [0.4, 0.5) is 0 Å². The molecule has 0 saturated heterocycles. The summed E-state index contributed by atoms with van der Waals surface area (Å²) in [4.78, 5) is 31.8. The Morgan fingerprint density at radius 3 is 2.60 bits per heavy atom. The first-order valence-electron chi connectivity index (χ1n) is 5.89. The van der Waals surface area contributed by atoms with E-state index in [0.29, 0.717) is 5.82 Å². The molecule has 3 rings (SSSR count). The lowest BCUT2D eigenvalue weighted by molar-refractivity contribution is 0.0997. The minimum atomic E-state index is -0.715. The maximum atomic E-state index is 12.3. The third-order valence-corrected chi connectivity index (χ3v) is 3.03. The highest BCUT2D eigenvalue weighted by atomic mass is 16.2. The number of aromatic nitrogens is 4. The smallest absolute Gasteiger partial charge is 0.336 e. The van der Waals surface area contributed by atoms with Crippen LogP contribution in [0.1, 0.15) is 10.5 Å². The second kappa shape index (κ2) is 4.30. The van der Waals surface area contributed by atoms with E-state index in [-0.39, 0.29) is 17.0 Å². The fourth-order valence-corrected chi connectivity index (χ4v) is 2.04. The maximum Gasteiger partial charge on any atom is 0.336 e. The zero-order valence-electron chi connectivity index (χ0n) is 10.6. The van der Waals surface area contributed by atoms with Gasteiger partial charge < -0.3 is 5.73 Å². The van der Waals surface area contributed by atoms with Crippen molar-refractivity contribution in [1.29, 1.82) is 0 Å². The number of rotatable bonds is 2. The molecule has 0 fully saturated rings. The Morgan fingerprint density at radius 1 is 1.25 bits per heavy atom. The number of fused-ring (bicyclic) bond motifs is 1. The number of carbonyl (C=O) groups excluding carboxylic acids is 1. The van der Waals surface area contributed by atoms with Gasteiger partial charge in [-0.3, -0.25) is 9.36 Å². The van der Waals surface area contributed by atoms with Crippen molar-refractivity contribution in [2.45, 2.75) is 0 Å². The lowest BCUT2D eigenvalue weighted by atomic mass is 10.2. The van der Waals surface area contributed by atoms with E-state index in [4.69, 9.17) is 5.73 Å². The molecular formula is C13H11N5O2. The predicted molar refractivity (Wildman–Crippen MR) is 72.2 cm³/mol. The quantitative estimate of drug-likeness (QED) is 0.718. The van der Waals surface area contributed by atoms with E-state index >= 15 is 0 Å². The largest absolute Gasteiger partial charge is 0.364 e. The second-order valence-electron chi connectivity index (χ2n) is 4.29. The summed E-state index contributed by atoms with van der Waals surface area (Å²) in [5.74, 6) is -0.265. The molecule has 0 bridgehead atoms. The van der Waals surface area contributed by atoms with Crippen LogP contribution >= 0.6 is 0 Å². The number of hydrogen-bond donors (Lipinski definition) is 1. The van der Waals surface area contributed by atoms with Crippen LogP contribution in [0.2, 0.25) is 0 Å². The predicted octanol–water partition coefficient (Wildman–Crippen LogP) is 0.194. The number of nitrogens with two attached hydrogens (primary N) is 1. The average Bonchev–Trinajstić information content (AvgIpc) is 2.88. The highest BCUT2D eigenvalue weighted by molar-refractivity contribution is 5.96. The van der Waals surface area contributed by atoms with E-state index in [2.05, 4.69) is 9.97 Å². The number of benzene rings is 1. The lowest BCUT2D eigenvalue weighted by Crippen LogP contribution is -2.27. The highest BCUT2D eigenvalue weighted by Gasteiger charge is 2.16. The van der Waals surface area contributed by atoms with Crippen molar-refractivity contribution in [2.24, 2.45) is 12.8 Å². The number of carbonyl (C=O) groups is 1. The number of primary amides is 1. The van der Waals surface area contributed by atoms with Crippen LogP contribution in [0.25, 0.3) is 17.0 Å². The molecule has 0 spiro atoms. The Morgan fingerprint density at radius 2 is 1.95 bits per heavy atom. The van der Waals surface area contributed by atoms with E-state index in [9.17, 15) is 9.59 Å². The summed E-state index contributed by atoms with van der Waals surface area (Å²) in [5.41, 5.74) is 5.82. The van der Waals surface area contributed by atoms with Crippen molar-refractivity contribution in [3.05, 3.63) is 52.8 Å². The number of nitrogens with zero attached hydrogens (tertiary/aromatic N) is 4. The van der Waals surface area contributed by atoms with E-state index in [1.165, 1.54) is 15.3 Å². The van der Waals surface area contributed by atoms with Crippen LogP contribution in [-0.4, -0.2) is 24.8 Å². The molecule has 100 valence electrons. The van der Waals surface area contributed by atoms with Gasteiger partial charge in [-0.2, -0.15) is 0 Å². The Bertz CT molecular complexity index is 864. The highest BCUT2D eigenvalue weighted by Crippen LogP contribution is 2.16. The van der Waals surface area contributed by atoms with Gasteiger partial charge in [0.2, 0.25) is 0 Å². The van der Waals surface area contributed by atoms with Crippen LogP contribution in [0.15, 0.2) is 41.5 Å². The van der Waals surface area contributed by atoms with Gasteiger partial charge in [-0.15, -0.1) is 0 Å². The maximum absolute atomic E-state index is 12.3. The van der Waals surface area contributed by atoms with Crippen molar-refractivity contribution in [3.63, 3.8) is 0 Å². The zero-order chi connectivity index (χ0) is 14.3. The summed E-state index contributed by atoms with van der Waals surface area (Å²) < 4.78 is 2.60. The van der Waals surface area contributed by atoms with Crippen molar-refractivity contribution < 1.29 is 4.79 Å². The minimum Gasteiger partial charge on any atom is -0.364 e. The summed E-state index contributed by atoms with van der Waals surface area (Å²) in [6.07, 6.45) is 1.25. The first kappa shape index (κ1) is 12.1. The molecule has 3 aromatic rings. The molecule has 0 radical (unpaired) electrons. The summed E-state index contributed by atoms with van der Waals surface area (Å²) >= 11 is 0. The van der Waals surface area contributed by atoms with Crippen LogP contribution < -0.4 is 11.4 Å². The van der Waals surface area contributed by atoms with Gasteiger partial charge in [0, 0.05) is 12.6 Å². The molecule has 2 aromatic heterocycles. The molecule has 0 aliphatic carbocycles. The summed E-state index contributed by atoms with van der Waals surface area (Å²) in [5, 5.41) is 0. The normalized spacial score (nSPS) is 10.8. The van der Waals surface area contributed by atoms with E-state index in [1.54, 1.807) is 7.05 Å². The monoisotopic (exact) mass is 269 g/mol. The van der Waals surface area contributed by atoms with Gasteiger partial charge in [-0.1, -0.05) is 30.3 Å². The van der Waals surface area contributed by atoms with Gasteiger partial charge in [-0.05, 0) is 0 Å². The number of hydrogen-bond acceptors (Lipinski definition) is 4. The molecule has 2 N–H and O–H groups in total. The molecular weight excluding hydrogens is 258 g/mol. The fraction of sp³-hybridized carbons (Fsp3) is 0.0769. The molecule has 0 aliphatic heterocycles. The molecule has 1 aromatic carbocycles.